The Morgan fingerprint density at radius 1 is 1.10 bits per heavy atom. The topological polar surface area (TPSA) is 179 Å². The second-order valence-corrected chi connectivity index (χ2v) is 7.67. The summed E-state index contributed by atoms with van der Waals surface area (Å²) in [4.78, 5) is 60.9. The van der Waals surface area contributed by atoms with Crippen LogP contribution in [0.15, 0.2) is 0 Å². The zero-order valence-corrected chi connectivity index (χ0v) is 17.6. The molecule has 0 aromatic heterocycles. The highest BCUT2D eigenvalue weighted by Gasteiger charge is 2.39. The molecule has 0 spiro atoms. The summed E-state index contributed by atoms with van der Waals surface area (Å²) in [5.74, 6) is -4.16. The second kappa shape index (κ2) is 11.5. The largest absolute Gasteiger partial charge is 0.481 e. The molecule has 0 radical (unpaired) electrons. The highest BCUT2D eigenvalue weighted by atomic mass is 16.4. The summed E-state index contributed by atoms with van der Waals surface area (Å²) in [5, 5.41) is 23.0. The van der Waals surface area contributed by atoms with Crippen molar-refractivity contribution >= 4 is 29.7 Å². The van der Waals surface area contributed by atoms with Crippen molar-refractivity contribution in [3.05, 3.63) is 0 Å². The Labute approximate surface area is 175 Å². The second-order valence-electron chi connectivity index (χ2n) is 7.67. The van der Waals surface area contributed by atoms with Crippen molar-refractivity contribution in [3.8, 4) is 0 Å². The smallest absolute Gasteiger partial charge is 0.326 e. The zero-order valence-electron chi connectivity index (χ0n) is 17.6. The van der Waals surface area contributed by atoms with Crippen LogP contribution >= 0.6 is 0 Å². The fourth-order valence-electron chi connectivity index (χ4n) is 3.22. The van der Waals surface area contributed by atoms with E-state index in [-0.39, 0.29) is 18.8 Å². The van der Waals surface area contributed by atoms with Crippen LogP contribution in [0.25, 0.3) is 0 Å². The van der Waals surface area contributed by atoms with Gasteiger partial charge in [0.1, 0.15) is 18.1 Å². The third kappa shape index (κ3) is 6.97. The number of carbonyl (C=O) groups excluding carboxylic acids is 3. The molecule has 1 aliphatic rings. The monoisotopic (exact) mass is 428 g/mol. The molecular weight excluding hydrogens is 396 g/mol. The number of likely N-dealkylation sites (tertiary alicyclic amines) is 1. The van der Waals surface area contributed by atoms with Crippen LogP contribution in [0, 0.1) is 5.92 Å². The number of carboxylic acids is 2. The standard InChI is InChI=1S/C19H32N4O7/c1-4-10(2)15(18(28)23-9-5-6-13(23)19(29)30)22-16(26)11(3)21-17(27)12(20)7-8-14(24)25/h10-13,15H,4-9,20H2,1-3H3,(H,21,27)(H,22,26)(H,24,25)(H,29,30). The number of carboxylic acid groups (broad SMARTS) is 2. The van der Waals surface area contributed by atoms with Gasteiger partial charge in [-0.15, -0.1) is 0 Å². The van der Waals surface area contributed by atoms with E-state index in [1.54, 1.807) is 6.92 Å². The fourth-order valence-corrected chi connectivity index (χ4v) is 3.22. The van der Waals surface area contributed by atoms with Crippen molar-refractivity contribution in [1.82, 2.24) is 15.5 Å². The van der Waals surface area contributed by atoms with Crippen molar-refractivity contribution in [2.24, 2.45) is 11.7 Å². The first-order valence-corrected chi connectivity index (χ1v) is 10.1. The lowest BCUT2D eigenvalue weighted by Gasteiger charge is -2.31. The van der Waals surface area contributed by atoms with E-state index in [0.717, 1.165) is 0 Å². The quantitative estimate of drug-likeness (QED) is 0.286. The third-order valence-electron chi connectivity index (χ3n) is 5.36. The van der Waals surface area contributed by atoms with Gasteiger partial charge in [0.05, 0.1) is 6.04 Å². The normalized spacial score (nSPS) is 20.0. The molecule has 1 saturated heterocycles. The van der Waals surface area contributed by atoms with E-state index in [1.165, 1.54) is 11.8 Å². The van der Waals surface area contributed by atoms with Gasteiger partial charge in [0.25, 0.3) is 0 Å². The Morgan fingerprint density at radius 3 is 2.27 bits per heavy atom. The molecule has 1 aliphatic heterocycles. The maximum atomic E-state index is 13.0. The van der Waals surface area contributed by atoms with E-state index in [9.17, 15) is 29.1 Å². The molecule has 30 heavy (non-hydrogen) atoms. The van der Waals surface area contributed by atoms with Gasteiger partial charge >= 0.3 is 11.9 Å². The van der Waals surface area contributed by atoms with E-state index in [1.807, 2.05) is 6.92 Å². The maximum Gasteiger partial charge on any atom is 0.326 e. The highest BCUT2D eigenvalue weighted by molar-refractivity contribution is 5.94. The maximum absolute atomic E-state index is 13.0. The van der Waals surface area contributed by atoms with Crippen LogP contribution in [0.3, 0.4) is 0 Å². The van der Waals surface area contributed by atoms with Crippen molar-refractivity contribution in [1.29, 1.82) is 0 Å². The number of hydrogen-bond acceptors (Lipinski definition) is 6. The zero-order chi connectivity index (χ0) is 23.0. The highest BCUT2D eigenvalue weighted by Crippen LogP contribution is 2.21. The third-order valence-corrected chi connectivity index (χ3v) is 5.36. The van der Waals surface area contributed by atoms with Crippen molar-refractivity contribution in [2.45, 2.75) is 77.0 Å². The molecule has 11 nitrogen and oxygen atoms in total. The van der Waals surface area contributed by atoms with E-state index in [0.29, 0.717) is 25.8 Å². The Morgan fingerprint density at radius 2 is 1.73 bits per heavy atom. The molecule has 0 bridgehead atoms. The van der Waals surface area contributed by atoms with Gasteiger partial charge in [-0.25, -0.2) is 4.79 Å². The van der Waals surface area contributed by atoms with Gasteiger partial charge < -0.3 is 31.5 Å². The molecule has 170 valence electrons. The van der Waals surface area contributed by atoms with Crippen LogP contribution in [0.1, 0.15) is 52.9 Å². The molecule has 0 aromatic rings. The molecule has 5 atom stereocenters. The summed E-state index contributed by atoms with van der Waals surface area (Å²) in [6.07, 6.45) is 1.16. The van der Waals surface area contributed by atoms with E-state index < -0.39 is 53.8 Å². The summed E-state index contributed by atoms with van der Waals surface area (Å²) in [6, 6.07) is -3.93. The molecule has 0 aromatic carbocycles. The fraction of sp³-hybridized carbons (Fsp3) is 0.737. The van der Waals surface area contributed by atoms with Crippen LogP contribution in [0.2, 0.25) is 0 Å². The first-order valence-electron chi connectivity index (χ1n) is 10.1. The van der Waals surface area contributed by atoms with Gasteiger partial charge in [-0.1, -0.05) is 20.3 Å². The number of hydrogen-bond donors (Lipinski definition) is 5. The lowest BCUT2D eigenvalue weighted by atomic mass is 9.97. The summed E-state index contributed by atoms with van der Waals surface area (Å²) in [7, 11) is 0. The molecule has 1 rings (SSSR count). The number of aliphatic carboxylic acids is 2. The lowest BCUT2D eigenvalue weighted by Crippen LogP contribution is -2.58. The van der Waals surface area contributed by atoms with Gasteiger partial charge in [0.15, 0.2) is 0 Å². The lowest BCUT2D eigenvalue weighted by molar-refractivity contribution is -0.150. The van der Waals surface area contributed by atoms with E-state index in [4.69, 9.17) is 10.8 Å². The summed E-state index contributed by atoms with van der Waals surface area (Å²) >= 11 is 0. The van der Waals surface area contributed by atoms with Crippen LogP contribution < -0.4 is 16.4 Å². The average Bonchev–Trinajstić information content (AvgIpc) is 3.18. The molecule has 3 amide bonds. The van der Waals surface area contributed by atoms with Gasteiger partial charge in [0, 0.05) is 13.0 Å². The molecular formula is C19H32N4O7. The van der Waals surface area contributed by atoms with Gasteiger partial charge in [-0.3, -0.25) is 19.2 Å². The SMILES string of the molecule is CCC(C)C(NC(=O)C(C)NC(=O)C(N)CCC(=O)O)C(=O)N1CCCC1C(=O)O. The van der Waals surface area contributed by atoms with Crippen molar-refractivity contribution in [3.63, 3.8) is 0 Å². The Hall–Kier alpha value is -2.69. The summed E-state index contributed by atoms with van der Waals surface area (Å²) < 4.78 is 0. The molecule has 0 aliphatic carbocycles. The Balaban J connectivity index is 2.78. The number of rotatable bonds is 11. The van der Waals surface area contributed by atoms with Gasteiger partial charge in [-0.05, 0) is 32.1 Å². The van der Waals surface area contributed by atoms with E-state index >= 15 is 0 Å². The number of nitrogens with two attached hydrogens (primary N) is 1. The Kier molecular flexibility index (Phi) is 9.70. The summed E-state index contributed by atoms with van der Waals surface area (Å²) in [6.45, 7) is 5.36. The minimum absolute atomic E-state index is 0.0744. The first-order chi connectivity index (χ1) is 14.0. The minimum atomic E-state index is -1.08. The van der Waals surface area contributed by atoms with Gasteiger partial charge in [-0.2, -0.15) is 0 Å². The number of carbonyl (C=O) groups is 5. The number of nitrogens with one attached hydrogen (secondary N) is 2. The Bertz CT molecular complexity index is 669. The van der Waals surface area contributed by atoms with Gasteiger partial charge in [0.2, 0.25) is 17.7 Å². The predicted molar refractivity (Wildman–Crippen MR) is 106 cm³/mol. The van der Waals surface area contributed by atoms with Crippen LogP contribution in [-0.2, 0) is 24.0 Å². The van der Waals surface area contributed by atoms with Crippen molar-refractivity contribution in [2.75, 3.05) is 6.54 Å². The molecule has 11 heteroatoms. The molecule has 5 unspecified atom stereocenters. The molecule has 1 fully saturated rings. The number of nitrogens with zero attached hydrogens (tertiary/aromatic N) is 1. The minimum Gasteiger partial charge on any atom is -0.481 e. The van der Waals surface area contributed by atoms with Crippen LogP contribution in [0.4, 0.5) is 0 Å². The van der Waals surface area contributed by atoms with E-state index in [2.05, 4.69) is 10.6 Å². The molecule has 6 N–H and O–H groups in total. The van der Waals surface area contributed by atoms with Crippen LogP contribution in [0.5, 0.6) is 0 Å². The van der Waals surface area contributed by atoms with Crippen LogP contribution in [-0.4, -0.2) is 75.5 Å². The number of amides is 3. The van der Waals surface area contributed by atoms with Crippen molar-refractivity contribution < 1.29 is 34.2 Å². The molecule has 1 heterocycles. The summed E-state index contributed by atoms with van der Waals surface area (Å²) in [5.41, 5.74) is 5.64. The average molecular weight is 428 g/mol. The predicted octanol–water partition coefficient (Wildman–Crippen LogP) is -0.710. The first kappa shape index (κ1) is 25.3. The molecule has 0 saturated carbocycles.